The van der Waals surface area contributed by atoms with E-state index in [1.54, 1.807) is 0 Å². The lowest BCUT2D eigenvalue weighted by atomic mass is 9.79. The minimum absolute atomic E-state index is 0.0345. The maximum Gasteiger partial charge on any atom is -0.00200 e. The second-order valence-corrected chi connectivity index (χ2v) is 14.2. The molecule has 44 heavy (non-hydrogen) atoms. The fourth-order valence-electron chi connectivity index (χ4n) is 6.67. The SMILES string of the molecule is CC(C)(C)c1ccc2c(-c3cccc4ccccc34)c3cc(C(C)(C)C)ccc3c(-c3ccc(-c4ccccc4)cc3)c2c1. The molecule has 0 bridgehead atoms. The summed E-state index contributed by atoms with van der Waals surface area (Å²) in [6, 6.07) is 49.8. The Morgan fingerprint density at radius 2 is 0.841 bits per heavy atom. The van der Waals surface area contributed by atoms with Gasteiger partial charge in [-0.25, -0.2) is 0 Å². The third kappa shape index (κ3) is 4.89. The van der Waals surface area contributed by atoms with Crippen molar-refractivity contribution in [3.63, 3.8) is 0 Å². The van der Waals surface area contributed by atoms with Gasteiger partial charge in [-0.1, -0.05) is 163 Å². The van der Waals surface area contributed by atoms with Crippen LogP contribution >= 0.6 is 0 Å². The standard InChI is InChI=1S/C44H40/c1-43(2,3)33-24-26-38-39(27-33)41(32-21-19-30(20-22-32)29-13-8-7-9-14-29)37-25-23-34(44(4,5)6)28-40(37)42(38)36-18-12-16-31-15-10-11-17-35(31)36/h7-28H,1-6H3. The third-order valence-electron chi connectivity index (χ3n) is 9.19. The Bertz CT molecular complexity index is 2140. The van der Waals surface area contributed by atoms with Gasteiger partial charge in [-0.15, -0.1) is 0 Å². The van der Waals surface area contributed by atoms with Gasteiger partial charge >= 0.3 is 0 Å². The molecule has 0 radical (unpaired) electrons. The minimum Gasteiger partial charge on any atom is -0.0622 e. The van der Waals surface area contributed by atoms with Gasteiger partial charge in [-0.05, 0) is 99.8 Å². The molecule has 0 aliphatic rings. The molecule has 0 spiro atoms. The summed E-state index contributed by atoms with van der Waals surface area (Å²) in [7, 11) is 0. The topological polar surface area (TPSA) is 0 Å². The van der Waals surface area contributed by atoms with Crippen LogP contribution in [0.25, 0.3) is 65.7 Å². The molecule has 7 aromatic rings. The molecule has 0 aliphatic carbocycles. The van der Waals surface area contributed by atoms with Gasteiger partial charge in [0.25, 0.3) is 0 Å². The lowest BCUT2D eigenvalue weighted by Gasteiger charge is -2.25. The van der Waals surface area contributed by atoms with Crippen molar-refractivity contribution in [2.75, 3.05) is 0 Å². The Balaban J connectivity index is 1.63. The van der Waals surface area contributed by atoms with Crippen molar-refractivity contribution in [1.29, 1.82) is 0 Å². The zero-order valence-electron chi connectivity index (χ0n) is 26.7. The summed E-state index contributed by atoms with van der Waals surface area (Å²) >= 11 is 0. The van der Waals surface area contributed by atoms with Gasteiger partial charge < -0.3 is 0 Å². The van der Waals surface area contributed by atoms with E-state index < -0.39 is 0 Å². The van der Waals surface area contributed by atoms with Crippen molar-refractivity contribution in [1.82, 2.24) is 0 Å². The van der Waals surface area contributed by atoms with Crippen molar-refractivity contribution in [3.05, 3.63) is 145 Å². The van der Waals surface area contributed by atoms with E-state index in [9.17, 15) is 0 Å². The van der Waals surface area contributed by atoms with E-state index in [0.717, 1.165) is 0 Å². The van der Waals surface area contributed by atoms with Crippen molar-refractivity contribution in [3.8, 4) is 33.4 Å². The van der Waals surface area contributed by atoms with E-state index in [1.165, 1.54) is 76.8 Å². The van der Waals surface area contributed by atoms with Crippen LogP contribution in [0, 0.1) is 0 Å². The molecule has 0 aromatic heterocycles. The molecule has 0 fully saturated rings. The quantitative estimate of drug-likeness (QED) is 0.186. The molecule has 0 N–H and O–H groups in total. The highest BCUT2D eigenvalue weighted by Gasteiger charge is 2.23. The number of hydrogen-bond acceptors (Lipinski definition) is 0. The van der Waals surface area contributed by atoms with Crippen LogP contribution in [0.2, 0.25) is 0 Å². The molecule has 0 saturated carbocycles. The van der Waals surface area contributed by atoms with Crippen molar-refractivity contribution < 1.29 is 0 Å². The van der Waals surface area contributed by atoms with Crippen molar-refractivity contribution in [2.24, 2.45) is 0 Å². The Labute approximate surface area is 262 Å². The first-order valence-electron chi connectivity index (χ1n) is 15.8. The van der Waals surface area contributed by atoms with Gasteiger partial charge in [0.1, 0.15) is 0 Å². The lowest BCUT2D eigenvalue weighted by Crippen LogP contribution is -2.11. The van der Waals surface area contributed by atoms with Gasteiger partial charge in [0.2, 0.25) is 0 Å². The second-order valence-electron chi connectivity index (χ2n) is 14.2. The number of hydrogen-bond donors (Lipinski definition) is 0. The van der Waals surface area contributed by atoms with E-state index in [4.69, 9.17) is 0 Å². The summed E-state index contributed by atoms with van der Waals surface area (Å²) in [6.45, 7) is 13.9. The lowest BCUT2D eigenvalue weighted by molar-refractivity contribution is 0.590. The van der Waals surface area contributed by atoms with Crippen LogP contribution in [0.4, 0.5) is 0 Å². The van der Waals surface area contributed by atoms with E-state index >= 15 is 0 Å². The summed E-state index contributed by atoms with van der Waals surface area (Å²) in [5.74, 6) is 0. The van der Waals surface area contributed by atoms with Crippen molar-refractivity contribution in [2.45, 2.75) is 52.4 Å². The van der Waals surface area contributed by atoms with E-state index in [2.05, 4.69) is 175 Å². The van der Waals surface area contributed by atoms with Gasteiger partial charge in [0, 0.05) is 0 Å². The average Bonchev–Trinajstić information content (AvgIpc) is 3.02. The zero-order valence-corrected chi connectivity index (χ0v) is 26.7. The average molecular weight is 569 g/mol. The molecule has 0 heteroatoms. The zero-order chi connectivity index (χ0) is 30.6. The molecule has 216 valence electrons. The maximum absolute atomic E-state index is 2.46. The third-order valence-corrected chi connectivity index (χ3v) is 9.19. The van der Waals surface area contributed by atoms with Crippen LogP contribution in [0.3, 0.4) is 0 Å². The smallest absolute Gasteiger partial charge is 0.00200 e. The predicted molar refractivity (Wildman–Crippen MR) is 193 cm³/mol. The molecule has 0 atom stereocenters. The Morgan fingerprint density at radius 3 is 1.48 bits per heavy atom. The highest BCUT2D eigenvalue weighted by molar-refractivity contribution is 6.23. The van der Waals surface area contributed by atoms with E-state index in [1.807, 2.05) is 0 Å². The van der Waals surface area contributed by atoms with Crippen LogP contribution in [0.15, 0.2) is 133 Å². The molecule has 7 aromatic carbocycles. The minimum atomic E-state index is 0.0345. The van der Waals surface area contributed by atoms with Gasteiger partial charge in [-0.3, -0.25) is 0 Å². The Kier molecular flexibility index (Phi) is 6.70. The fourth-order valence-corrected chi connectivity index (χ4v) is 6.67. The van der Waals surface area contributed by atoms with Gasteiger partial charge in [0.05, 0.1) is 0 Å². The van der Waals surface area contributed by atoms with E-state index in [-0.39, 0.29) is 10.8 Å². The first-order chi connectivity index (χ1) is 21.1. The van der Waals surface area contributed by atoms with Crippen LogP contribution in [-0.4, -0.2) is 0 Å². The van der Waals surface area contributed by atoms with E-state index in [0.29, 0.717) is 0 Å². The van der Waals surface area contributed by atoms with Crippen LogP contribution < -0.4 is 0 Å². The fraction of sp³-hybridized carbons (Fsp3) is 0.182. The largest absolute Gasteiger partial charge is 0.0622 e. The summed E-state index contributed by atoms with van der Waals surface area (Å²) in [6.07, 6.45) is 0. The Morgan fingerprint density at radius 1 is 0.341 bits per heavy atom. The summed E-state index contributed by atoms with van der Waals surface area (Å²) < 4.78 is 0. The summed E-state index contributed by atoms with van der Waals surface area (Å²) in [4.78, 5) is 0. The molecule has 0 amide bonds. The molecule has 0 nitrogen and oxygen atoms in total. The second kappa shape index (κ2) is 10.5. The van der Waals surface area contributed by atoms with Crippen LogP contribution in [0.1, 0.15) is 52.7 Å². The molecule has 7 rings (SSSR count). The first-order valence-corrected chi connectivity index (χ1v) is 15.8. The number of rotatable bonds is 3. The van der Waals surface area contributed by atoms with Crippen LogP contribution in [-0.2, 0) is 10.8 Å². The molecular formula is C44H40. The molecule has 0 saturated heterocycles. The molecular weight excluding hydrogens is 528 g/mol. The Hall–Kier alpha value is -4.68. The monoisotopic (exact) mass is 568 g/mol. The normalized spacial score (nSPS) is 12.3. The highest BCUT2D eigenvalue weighted by atomic mass is 14.3. The number of fused-ring (bicyclic) bond motifs is 3. The number of benzene rings is 7. The molecule has 0 heterocycles. The predicted octanol–water partition coefficient (Wildman–Crippen LogP) is 12.7. The van der Waals surface area contributed by atoms with Crippen LogP contribution in [0.5, 0.6) is 0 Å². The summed E-state index contributed by atoms with van der Waals surface area (Å²) in [5, 5.41) is 7.78. The molecule has 0 unspecified atom stereocenters. The molecule has 0 aliphatic heterocycles. The van der Waals surface area contributed by atoms with Gasteiger partial charge in [0.15, 0.2) is 0 Å². The van der Waals surface area contributed by atoms with Gasteiger partial charge in [-0.2, -0.15) is 0 Å². The first kappa shape index (κ1) is 28.1. The summed E-state index contributed by atoms with van der Waals surface area (Å²) in [5.41, 5.74) is 10.4. The highest BCUT2D eigenvalue weighted by Crippen LogP contribution is 2.47. The van der Waals surface area contributed by atoms with Crippen molar-refractivity contribution >= 4 is 32.3 Å². The maximum atomic E-state index is 2.46.